The molecule has 1 aromatic carbocycles. The molecule has 0 spiro atoms. The topological polar surface area (TPSA) is 84.3 Å². The van der Waals surface area contributed by atoms with Gasteiger partial charge in [-0.3, -0.25) is 4.99 Å². The molecule has 0 heterocycles. The van der Waals surface area contributed by atoms with E-state index in [1.54, 1.807) is 32.4 Å². The van der Waals surface area contributed by atoms with Crippen LogP contribution >= 0.6 is 0 Å². The molecule has 0 radical (unpaired) electrons. The zero-order valence-corrected chi connectivity index (χ0v) is 17.2. The van der Waals surface area contributed by atoms with Gasteiger partial charge in [-0.25, -0.2) is 0 Å². The standard InChI is InChI=1S/C20H35N3O4/c1-6-21-20(22-8-10-27-9-7-15(2)3)23-14-19(24)16-11-17(25-4)13-18(12-16)26-5/h11-13,15,19,24H,6-10,14H2,1-5H3,(H2,21,22,23). The van der Waals surface area contributed by atoms with E-state index in [1.165, 1.54) is 0 Å². The first-order valence-electron chi connectivity index (χ1n) is 9.51. The number of methoxy groups -OCH3 is 2. The van der Waals surface area contributed by atoms with Crippen LogP contribution in [0.1, 0.15) is 38.9 Å². The summed E-state index contributed by atoms with van der Waals surface area (Å²) in [5.41, 5.74) is 0.697. The summed E-state index contributed by atoms with van der Waals surface area (Å²) in [5, 5.41) is 16.9. The van der Waals surface area contributed by atoms with Crippen LogP contribution in [0.25, 0.3) is 0 Å². The van der Waals surface area contributed by atoms with Crippen LogP contribution < -0.4 is 20.1 Å². The molecule has 1 unspecified atom stereocenters. The smallest absolute Gasteiger partial charge is 0.191 e. The number of nitrogens with one attached hydrogen (secondary N) is 2. The quantitative estimate of drug-likeness (QED) is 0.293. The van der Waals surface area contributed by atoms with Crippen LogP contribution in [-0.2, 0) is 4.74 Å². The van der Waals surface area contributed by atoms with E-state index in [0.717, 1.165) is 19.6 Å². The van der Waals surface area contributed by atoms with Crippen molar-refractivity contribution in [3.05, 3.63) is 23.8 Å². The highest BCUT2D eigenvalue weighted by Gasteiger charge is 2.11. The first kappa shape index (κ1) is 23.0. The molecule has 0 aliphatic heterocycles. The Bertz CT molecular complexity index is 542. The molecule has 0 saturated carbocycles. The molecule has 154 valence electrons. The Labute approximate surface area is 163 Å². The lowest BCUT2D eigenvalue weighted by Gasteiger charge is -2.15. The number of hydrogen-bond donors (Lipinski definition) is 3. The fourth-order valence-corrected chi connectivity index (χ4v) is 2.31. The second kappa shape index (κ2) is 13.2. The van der Waals surface area contributed by atoms with Gasteiger partial charge in [0.05, 0.1) is 33.5 Å². The molecule has 7 heteroatoms. The average molecular weight is 382 g/mol. The number of hydrogen-bond acceptors (Lipinski definition) is 5. The highest BCUT2D eigenvalue weighted by atomic mass is 16.5. The van der Waals surface area contributed by atoms with Crippen molar-refractivity contribution in [2.45, 2.75) is 33.3 Å². The van der Waals surface area contributed by atoms with E-state index in [-0.39, 0.29) is 6.54 Å². The summed E-state index contributed by atoms with van der Waals surface area (Å²) in [4.78, 5) is 4.45. The van der Waals surface area contributed by atoms with Gasteiger partial charge < -0.3 is 30.0 Å². The predicted molar refractivity (Wildman–Crippen MR) is 109 cm³/mol. The van der Waals surface area contributed by atoms with E-state index < -0.39 is 6.10 Å². The molecular formula is C20H35N3O4. The lowest BCUT2D eigenvalue weighted by atomic mass is 10.1. The van der Waals surface area contributed by atoms with Crippen molar-refractivity contribution in [3.63, 3.8) is 0 Å². The monoisotopic (exact) mass is 381 g/mol. The third-order valence-electron chi connectivity index (χ3n) is 3.90. The Kier molecular flexibility index (Phi) is 11.3. The minimum absolute atomic E-state index is 0.222. The van der Waals surface area contributed by atoms with Gasteiger partial charge in [-0.15, -0.1) is 0 Å². The minimum atomic E-state index is -0.758. The van der Waals surface area contributed by atoms with Crippen LogP contribution in [0.3, 0.4) is 0 Å². The first-order valence-corrected chi connectivity index (χ1v) is 9.51. The number of nitrogens with zero attached hydrogens (tertiary/aromatic N) is 1. The molecular weight excluding hydrogens is 346 g/mol. The maximum absolute atomic E-state index is 10.5. The van der Waals surface area contributed by atoms with Gasteiger partial charge in [0, 0.05) is 25.8 Å². The number of aliphatic hydroxyl groups excluding tert-OH is 1. The van der Waals surface area contributed by atoms with Gasteiger partial charge in [-0.05, 0) is 37.0 Å². The van der Waals surface area contributed by atoms with E-state index in [4.69, 9.17) is 14.2 Å². The number of aliphatic imine (C=N–C) groups is 1. The van der Waals surface area contributed by atoms with Crippen LogP contribution in [-0.4, -0.2) is 58.1 Å². The van der Waals surface area contributed by atoms with Crippen molar-refractivity contribution >= 4 is 5.96 Å². The maximum atomic E-state index is 10.5. The van der Waals surface area contributed by atoms with E-state index in [0.29, 0.717) is 42.1 Å². The van der Waals surface area contributed by atoms with E-state index in [9.17, 15) is 5.11 Å². The highest BCUT2D eigenvalue weighted by Crippen LogP contribution is 2.26. The van der Waals surface area contributed by atoms with Crippen LogP contribution in [0.5, 0.6) is 11.5 Å². The van der Waals surface area contributed by atoms with Gasteiger partial charge in [0.2, 0.25) is 0 Å². The molecule has 3 N–H and O–H groups in total. The average Bonchev–Trinajstić information content (AvgIpc) is 2.67. The van der Waals surface area contributed by atoms with Crippen LogP contribution in [0.2, 0.25) is 0 Å². The normalized spacial score (nSPS) is 12.8. The van der Waals surface area contributed by atoms with E-state index in [2.05, 4.69) is 29.5 Å². The summed E-state index contributed by atoms with van der Waals surface area (Å²) in [6.07, 6.45) is 0.302. The molecule has 0 aromatic heterocycles. The van der Waals surface area contributed by atoms with Crippen molar-refractivity contribution in [1.82, 2.24) is 10.6 Å². The second-order valence-corrected chi connectivity index (χ2v) is 6.60. The summed E-state index contributed by atoms with van der Waals surface area (Å²) in [5.74, 6) is 2.57. The fourth-order valence-electron chi connectivity index (χ4n) is 2.31. The van der Waals surface area contributed by atoms with Gasteiger partial charge in [0.25, 0.3) is 0 Å². The van der Waals surface area contributed by atoms with Crippen molar-refractivity contribution < 1.29 is 19.3 Å². The van der Waals surface area contributed by atoms with Crippen molar-refractivity contribution in [2.24, 2.45) is 10.9 Å². The predicted octanol–water partition coefficient (Wildman–Crippen LogP) is 2.35. The zero-order chi connectivity index (χ0) is 20.1. The minimum Gasteiger partial charge on any atom is -0.497 e. The highest BCUT2D eigenvalue weighted by molar-refractivity contribution is 5.79. The largest absolute Gasteiger partial charge is 0.497 e. The molecule has 27 heavy (non-hydrogen) atoms. The number of guanidine groups is 1. The Morgan fingerprint density at radius 1 is 1.07 bits per heavy atom. The van der Waals surface area contributed by atoms with Gasteiger partial charge in [-0.1, -0.05) is 13.8 Å². The molecule has 0 aliphatic carbocycles. The van der Waals surface area contributed by atoms with Gasteiger partial charge in [0.15, 0.2) is 5.96 Å². The van der Waals surface area contributed by atoms with Gasteiger partial charge in [-0.2, -0.15) is 0 Å². The molecule has 7 nitrogen and oxygen atoms in total. The Balaban J connectivity index is 2.56. The lowest BCUT2D eigenvalue weighted by Crippen LogP contribution is -2.39. The molecule has 0 fully saturated rings. The Hall–Kier alpha value is -1.99. The number of benzene rings is 1. The zero-order valence-electron chi connectivity index (χ0n) is 17.2. The van der Waals surface area contributed by atoms with Gasteiger partial charge in [0.1, 0.15) is 11.5 Å². The molecule has 0 bridgehead atoms. The number of ether oxygens (including phenoxy) is 3. The van der Waals surface area contributed by atoms with Crippen molar-refractivity contribution in [1.29, 1.82) is 0 Å². The van der Waals surface area contributed by atoms with Crippen LogP contribution in [0, 0.1) is 5.92 Å². The van der Waals surface area contributed by atoms with Crippen LogP contribution in [0.4, 0.5) is 0 Å². The van der Waals surface area contributed by atoms with Crippen molar-refractivity contribution in [3.8, 4) is 11.5 Å². The first-order chi connectivity index (χ1) is 13.0. The Morgan fingerprint density at radius 3 is 2.30 bits per heavy atom. The summed E-state index contributed by atoms with van der Waals surface area (Å²) in [6, 6.07) is 5.33. The summed E-state index contributed by atoms with van der Waals surface area (Å²) in [6.45, 7) is 9.37. The van der Waals surface area contributed by atoms with E-state index in [1.807, 2.05) is 6.92 Å². The number of aliphatic hydroxyl groups is 1. The molecule has 1 atom stereocenters. The van der Waals surface area contributed by atoms with E-state index >= 15 is 0 Å². The van der Waals surface area contributed by atoms with Crippen molar-refractivity contribution in [2.75, 3.05) is 47.1 Å². The molecule has 0 saturated heterocycles. The fraction of sp³-hybridized carbons (Fsp3) is 0.650. The molecule has 1 rings (SSSR count). The summed E-state index contributed by atoms with van der Waals surface area (Å²) in [7, 11) is 3.17. The second-order valence-electron chi connectivity index (χ2n) is 6.60. The molecule has 1 aromatic rings. The van der Waals surface area contributed by atoms with Crippen LogP contribution in [0.15, 0.2) is 23.2 Å². The summed E-state index contributed by atoms with van der Waals surface area (Å²) < 4.78 is 16.1. The SMILES string of the molecule is CCNC(=NCC(O)c1cc(OC)cc(OC)c1)NCCOCCC(C)C. The molecule has 0 aliphatic rings. The molecule has 0 amide bonds. The third-order valence-corrected chi connectivity index (χ3v) is 3.90. The number of rotatable bonds is 12. The Morgan fingerprint density at radius 2 is 1.74 bits per heavy atom. The maximum Gasteiger partial charge on any atom is 0.191 e. The third kappa shape index (κ3) is 9.49. The lowest BCUT2D eigenvalue weighted by molar-refractivity contribution is 0.128. The summed E-state index contributed by atoms with van der Waals surface area (Å²) >= 11 is 0. The van der Waals surface area contributed by atoms with Gasteiger partial charge >= 0.3 is 0 Å².